The van der Waals surface area contributed by atoms with E-state index in [4.69, 9.17) is 14.2 Å². The van der Waals surface area contributed by atoms with Crippen LogP contribution in [0.4, 0.5) is 8.78 Å². The van der Waals surface area contributed by atoms with Crippen molar-refractivity contribution >= 4 is 17.9 Å². The van der Waals surface area contributed by atoms with Crippen molar-refractivity contribution in [2.24, 2.45) is 4.99 Å². The summed E-state index contributed by atoms with van der Waals surface area (Å²) in [5, 5.41) is 0. The predicted molar refractivity (Wildman–Crippen MR) is 100 cm³/mol. The summed E-state index contributed by atoms with van der Waals surface area (Å²) in [7, 11) is 1.32. The monoisotopic (exact) mass is 399 g/mol. The SMILES string of the molecule is COc1cc(C2=N/C(=C\C3=Cc4ccccc4OC3)C(=O)O2)ccc1OC(F)F. The highest BCUT2D eigenvalue weighted by Crippen LogP contribution is 2.31. The molecule has 0 bridgehead atoms. The minimum Gasteiger partial charge on any atom is -0.493 e. The van der Waals surface area contributed by atoms with Gasteiger partial charge in [-0.1, -0.05) is 18.2 Å². The first-order valence-corrected chi connectivity index (χ1v) is 8.61. The summed E-state index contributed by atoms with van der Waals surface area (Å²) in [6, 6.07) is 11.7. The second-order valence-corrected chi connectivity index (χ2v) is 6.13. The number of carbonyl (C=O) groups is 1. The van der Waals surface area contributed by atoms with Crippen LogP contribution in [0.1, 0.15) is 11.1 Å². The maximum absolute atomic E-state index is 12.5. The molecule has 0 aliphatic carbocycles. The molecule has 2 aromatic carbocycles. The van der Waals surface area contributed by atoms with Gasteiger partial charge in [0, 0.05) is 11.1 Å². The van der Waals surface area contributed by atoms with Crippen molar-refractivity contribution in [3.05, 3.63) is 70.9 Å². The van der Waals surface area contributed by atoms with E-state index in [0.29, 0.717) is 12.2 Å². The molecule has 2 aromatic rings. The van der Waals surface area contributed by atoms with E-state index in [1.807, 2.05) is 30.3 Å². The second kappa shape index (κ2) is 7.75. The predicted octanol–water partition coefficient (Wildman–Crippen LogP) is 3.96. The Balaban J connectivity index is 1.61. The van der Waals surface area contributed by atoms with Crippen molar-refractivity contribution in [2.45, 2.75) is 6.61 Å². The molecule has 2 heterocycles. The van der Waals surface area contributed by atoms with E-state index in [1.54, 1.807) is 6.08 Å². The molecule has 6 nitrogen and oxygen atoms in total. The van der Waals surface area contributed by atoms with Crippen LogP contribution >= 0.6 is 0 Å². The Morgan fingerprint density at radius 1 is 1.17 bits per heavy atom. The van der Waals surface area contributed by atoms with Gasteiger partial charge in [0.2, 0.25) is 5.90 Å². The van der Waals surface area contributed by atoms with Crippen molar-refractivity contribution in [2.75, 3.05) is 13.7 Å². The number of ether oxygens (including phenoxy) is 4. The molecular weight excluding hydrogens is 384 g/mol. The van der Waals surface area contributed by atoms with Crippen LogP contribution in [0.3, 0.4) is 0 Å². The van der Waals surface area contributed by atoms with Gasteiger partial charge in [0.25, 0.3) is 0 Å². The van der Waals surface area contributed by atoms with Crippen LogP contribution in [0.5, 0.6) is 17.2 Å². The molecular formula is C21H15F2NO5. The Labute approximate surface area is 164 Å². The molecule has 29 heavy (non-hydrogen) atoms. The topological polar surface area (TPSA) is 66.4 Å². The fraction of sp³-hybridized carbons (Fsp3) is 0.143. The number of halogens is 2. The number of hydrogen-bond donors (Lipinski definition) is 0. The molecule has 0 unspecified atom stereocenters. The number of esters is 1. The van der Waals surface area contributed by atoms with Crippen LogP contribution in [0.25, 0.3) is 6.08 Å². The number of methoxy groups -OCH3 is 1. The smallest absolute Gasteiger partial charge is 0.387 e. The molecule has 0 spiro atoms. The average molecular weight is 399 g/mol. The summed E-state index contributed by atoms with van der Waals surface area (Å²) < 4.78 is 45.3. The number of cyclic esters (lactones) is 1. The fourth-order valence-corrected chi connectivity index (χ4v) is 2.92. The van der Waals surface area contributed by atoms with Crippen molar-refractivity contribution in [1.82, 2.24) is 0 Å². The van der Waals surface area contributed by atoms with E-state index in [2.05, 4.69) is 9.73 Å². The Bertz CT molecular complexity index is 1060. The van der Waals surface area contributed by atoms with E-state index < -0.39 is 12.6 Å². The van der Waals surface area contributed by atoms with Gasteiger partial charge in [0.1, 0.15) is 12.4 Å². The van der Waals surface area contributed by atoms with Gasteiger partial charge in [-0.2, -0.15) is 8.78 Å². The number of rotatable bonds is 5. The third-order valence-electron chi connectivity index (χ3n) is 4.22. The van der Waals surface area contributed by atoms with Crippen molar-refractivity contribution in [3.8, 4) is 17.2 Å². The lowest BCUT2D eigenvalue weighted by Crippen LogP contribution is -2.08. The minimum absolute atomic E-state index is 0.0425. The van der Waals surface area contributed by atoms with Gasteiger partial charge >= 0.3 is 12.6 Å². The summed E-state index contributed by atoms with van der Waals surface area (Å²) >= 11 is 0. The lowest BCUT2D eigenvalue weighted by Gasteiger charge is -2.15. The number of alkyl halides is 2. The normalized spacial score (nSPS) is 16.7. The standard InChI is InChI=1S/C21H15F2NO5/c1-26-18-10-14(6-7-17(18)28-21(22)23)19-24-15(20(25)29-19)9-12-8-13-4-2-3-5-16(13)27-11-12/h2-10,21H,11H2,1H3/b15-9-. The number of nitrogens with zero attached hydrogens (tertiary/aromatic N) is 1. The molecule has 0 radical (unpaired) electrons. The van der Waals surface area contributed by atoms with Gasteiger partial charge < -0.3 is 18.9 Å². The number of hydrogen-bond acceptors (Lipinski definition) is 6. The van der Waals surface area contributed by atoms with Gasteiger partial charge in [-0.15, -0.1) is 0 Å². The molecule has 0 amide bonds. The zero-order chi connectivity index (χ0) is 20.4. The summed E-state index contributed by atoms with van der Waals surface area (Å²) in [6.07, 6.45) is 3.50. The zero-order valence-corrected chi connectivity index (χ0v) is 15.2. The minimum atomic E-state index is -2.98. The number of para-hydroxylation sites is 1. The highest BCUT2D eigenvalue weighted by molar-refractivity contribution is 6.11. The highest BCUT2D eigenvalue weighted by atomic mass is 19.3. The van der Waals surface area contributed by atoms with Crippen LogP contribution in [0.15, 0.2) is 64.8 Å². The number of carbonyl (C=O) groups excluding carboxylic acids is 1. The Kier molecular flexibility index (Phi) is 4.99. The van der Waals surface area contributed by atoms with Crippen molar-refractivity contribution in [1.29, 1.82) is 0 Å². The molecule has 0 saturated carbocycles. The number of fused-ring (bicyclic) bond motifs is 1. The Morgan fingerprint density at radius 2 is 2.00 bits per heavy atom. The largest absolute Gasteiger partial charge is 0.493 e. The van der Waals surface area contributed by atoms with Crippen LogP contribution in [0.2, 0.25) is 0 Å². The maximum Gasteiger partial charge on any atom is 0.387 e. The third-order valence-corrected chi connectivity index (χ3v) is 4.22. The number of benzene rings is 2. The summed E-state index contributed by atoms with van der Waals surface area (Å²) in [4.78, 5) is 16.4. The summed E-state index contributed by atoms with van der Waals surface area (Å²) in [5.74, 6) is 0.132. The molecule has 2 aliphatic rings. The van der Waals surface area contributed by atoms with Crippen LogP contribution in [0, 0.1) is 0 Å². The first-order chi connectivity index (χ1) is 14.0. The molecule has 0 saturated heterocycles. The van der Waals surface area contributed by atoms with Gasteiger partial charge in [0.05, 0.1) is 7.11 Å². The van der Waals surface area contributed by atoms with E-state index in [9.17, 15) is 13.6 Å². The van der Waals surface area contributed by atoms with Gasteiger partial charge in [-0.25, -0.2) is 9.79 Å². The number of aliphatic imine (C=N–C) groups is 1. The molecule has 4 rings (SSSR count). The lowest BCUT2D eigenvalue weighted by atomic mass is 10.1. The van der Waals surface area contributed by atoms with Crippen molar-refractivity contribution < 1.29 is 32.5 Å². The van der Waals surface area contributed by atoms with E-state index in [1.165, 1.54) is 25.3 Å². The molecule has 8 heteroatoms. The van der Waals surface area contributed by atoms with Crippen LogP contribution < -0.4 is 14.2 Å². The van der Waals surface area contributed by atoms with Gasteiger partial charge in [-0.05, 0) is 42.0 Å². The first-order valence-electron chi connectivity index (χ1n) is 8.61. The Morgan fingerprint density at radius 3 is 2.79 bits per heavy atom. The van der Waals surface area contributed by atoms with E-state index >= 15 is 0 Å². The molecule has 2 aliphatic heterocycles. The van der Waals surface area contributed by atoms with E-state index in [0.717, 1.165) is 16.9 Å². The first kappa shape index (κ1) is 18.7. The van der Waals surface area contributed by atoms with Crippen LogP contribution in [-0.4, -0.2) is 32.2 Å². The molecule has 148 valence electrons. The molecule has 0 N–H and O–H groups in total. The zero-order valence-electron chi connectivity index (χ0n) is 15.2. The van der Waals surface area contributed by atoms with E-state index in [-0.39, 0.29) is 23.1 Å². The summed E-state index contributed by atoms with van der Waals surface area (Å²) in [6.45, 7) is -2.69. The average Bonchev–Trinajstić information content (AvgIpc) is 3.08. The maximum atomic E-state index is 12.5. The molecule has 0 aromatic heterocycles. The van der Waals surface area contributed by atoms with Gasteiger partial charge in [-0.3, -0.25) is 0 Å². The molecule has 0 fully saturated rings. The quantitative estimate of drug-likeness (QED) is 0.563. The van der Waals surface area contributed by atoms with Crippen LogP contribution in [-0.2, 0) is 9.53 Å². The second-order valence-electron chi connectivity index (χ2n) is 6.13. The highest BCUT2D eigenvalue weighted by Gasteiger charge is 2.26. The van der Waals surface area contributed by atoms with Crippen molar-refractivity contribution in [3.63, 3.8) is 0 Å². The molecule has 0 atom stereocenters. The fourth-order valence-electron chi connectivity index (χ4n) is 2.92. The Hall–Kier alpha value is -3.68. The van der Waals surface area contributed by atoms with Gasteiger partial charge in [0.15, 0.2) is 17.2 Å². The summed E-state index contributed by atoms with van der Waals surface area (Å²) in [5.41, 5.74) is 2.17. The lowest BCUT2D eigenvalue weighted by molar-refractivity contribution is -0.130. The third kappa shape index (κ3) is 3.96.